The molecular formula is C19H33IN4O3S. The molecular weight excluding hydrogens is 491 g/mol. The zero-order chi connectivity index (χ0) is 19.5. The van der Waals surface area contributed by atoms with Gasteiger partial charge in [0.1, 0.15) is 0 Å². The molecule has 2 N–H and O–H groups in total. The molecule has 28 heavy (non-hydrogen) atoms. The number of para-hydroxylation sites is 1. The van der Waals surface area contributed by atoms with Crippen LogP contribution in [-0.2, 0) is 21.2 Å². The smallest absolute Gasteiger partial charge is 0.236 e. The predicted octanol–water partition coefficient (Wildman–Crippen LogP) is 2.37. The summed E-state index contributed by atoms with van der Waals surface area (Å²) in [6, 6.07) is 7.68. The van der Waals surface area contributed by atoms with Gasteiger partial charge in [0.2, 0.25) is 10.0 Å². The molecule has 0 aromatic heterocycles. The Morgan fingerprint density at radius 1 is 1.18 bits per heavy atom. The van der Waals surface area contributed by atoms with Crippen molar-refractivity contribution in [3.63, 3.8) is 0 Å². The highest BCUT2D eigenvalue weighted by Crippen LogP contribution is 2.29. The van der Waals surface area contributed by atoms with Gasteiger partial charge in [-0.1, -0.05) is 31.5 Å². The van der Waals surface area contributed by atoms with Gasteiger partial charge < -0.3 is 15.4 Å². The number of nitrogens with zero attached hydrogens (tertiary/aromatic N) is 2. The van der Waals surface area contributed by atoms with Crippen LogP contribution in [0.1, 0.15) is 31.7 Å². The van der Waals surface area contributed by atoms with Crippen LogP contribution in [0.4, 0.5) is 5.69 Å². The maximum atomic E-state index is 12.7. The third kappa shape index (κ3) is 7.75. The fraction of sp³-hybridized carbons (Fsp3) is 0.632. The van der Waals surface area contributed by atoms with Gasteiger partial charge in [-0.15, -0.1) is 24.0 Å². The van der Waals surface area contributed by atoms with Crippen molar-refractivity contribution in [3.8, 4) is 0 Å². The van der Waals surface area contributed by atoms with Crippen LogP contribution in [0, 0.1) is 0 Å². The van der Waals surface area contributed by atoms with E-state index in [4.69, 9.17) is 4.74 Å². The second-order valence-electron chi connectivity index (χ2n) is 6.51. The number of halogens is 1. The Balaban J connectivity index is 0.00000392. The number of aliphatic imine (C=N–C) groups is 1. The fourth-order valence-electron chi connectivity index (χ4n) is 2.96. The summed E-state index contributed by atoms with van der Waals surface area (Å²) in [5, 5.41) is 6.26. The molecule has 0 saturated heterocycles. The molecule has 0 bridgehead atoms. The van der Waals surface area contributed by atoms with Gasteiger partial charge in [-0.3, -0.25) is 9.30 Å². The second kappa shape index (κ2) is 13.2. The molecule has 0 amide bonds. The van der Waals surface area contributed by atoms with E-state index in [2.05, 4.69) is 22.5 Å². The van der Waals surface area contributed by atoms with Crippen LogP contribution in [-0.4, -0.2) is 60.0 Å². The summed E-state index contributed by atoms with van der Waals surface area (Å²) in [7, 11) is -1.67. The molecule has 1 aliphatic rings. The van der Waals surface area contributed by atoms with Gasteiger partial charge in [0, 0.05) is 39.9 Å². The molecule has 0 saturated carbocycles. The average Bonchev–Trinajstić information content (AvgIpc) is 3.11. The number of fused-ring (bicyclic) bond motifs is 1. The first-order valence-electron chi connectivity index (χ1n) is 9.69. The Kier molecular flexibility index (Phi) is 11.8. The first-order chi connectivity index (χ1) is 13.1. The van der Waals surface area contributed by atoms with E-state index in [1.165, 1.54) is 4.31 Å². The van der Waals surface area contributed by atoms with E-state index in [1.54, 1.807) is 7.05 Å². The standard InChI is InChI=1S/C19H32N4O3S.HI/c1-3-4-14-26-15-7-11-21-19(20-2)22-12-16-27(24,25)23-13-10-17-8-5-6-9-18(17)23;/h5-6,8-9H,3-4,7,10-16H2,1-2H3,(H2,20,21,22);1H. The lowest BCUT2D eigenvalue weighted by atomic mass is 10.2. The maximum Gasteiger partial charge on any atom is 0.236 e. The van der Waals surface area contributed by atoms with Crippen molar-refractivity contribution in [2.24, 2.45) is 4.99 Å². The number of ether oxygens (including phenoxy) is 1. The number of anilines is 1. The van der Waals surface area contributed by atoms with E-state index in [0.717, 1.165) is 50.1 Å². The Morgan fingerprint density at radius 2 is 1.89 bits per heavy atom. The fourth-order valence-corrected chi connectivity index (χ4v) is 4.38. The maximum absolute atomic E-state index is 12.7. The summed E-state index contributed by atoms with van der Waals surface area (Å²) in [6.07, 6.45) is 3.88. The minimum atomic E-state index is -3.35. The molecule has 1 aromatic carbocycles. The number of hydrogen-bond acceptors (Lipinski definition) is 4. The molecule has 2 rings (SSSR count). The third-order valence-corrected chi connectivity index (χ3v) is 6.23. The first-order valence-corrected chi connectivity index (χ1v) is 11.3. The monoisotopic (exact) mass is 524 g/mol. The molecule has 0 atom stereocenters. The normalized spacial score (nSPS) is 13.8. The van der Waals surface area contributed by atoms with Crippen molar-refractivity contribution in [2.45, 2.75) is 32.6 Å². The Hall–Kier alpha value is -1.07. The molecule has 9 heteroatoms. The van der Waals surface area contributed by atoms with Crippen LogP contribution in [0.15, 0.2) is 29.3 Å². The van der Waals surface area contributed by atoms with Crippen LogP contribution < -0.4 is 14.9 Å². The Morgan fingerprint density at radius 3 is 2.64 bits per heavy atom. The van der Waals surface area contributed by atoms with E-state index >= 15 is 0 Å². The lowest BCUT2D eigenvalue weighted by molar-refractivity contribution is 0.129. The number of rotatable bonds is 11. The summed E-state index contributed by atoms with van der Waals surface area (Å²) < 4.78 is 32.4. The predicted molar refractivity (Wildman–Crippen MR) is 126 cm³/mol. The van der Waals surface area contributed by atoms with Crippen molar-refractivity contribution in [2.75, 3.05) is 50.0 Å². The lowest BCUT2D eigenvalue weighted by Crippen LogP contribution is -2.42. The number of benzene rings is 1. The van der Waals surface area contributed by atoms with Crippen LogP contribution in [0.3, 0.4) is 0 Å². The van der Waals surface area contributed by atoms with E-state index in [-0.39, 0.29) is 29.7 Å². The summed E-state index contributed by atoms with van der Waals surface area (Å²) >= 11 is 0. The van der Waals surface area contributed by atoms with Crippen molar-refractivity contribution < 1.29 is 13.2 Å². The number of sulfonamides is 1. The topological polar surface area (TPSA) is 83.0 Å². The van der Waals surface area contributed by atoms with Crippen LogP contribution >= 0.6 is 24.0 Å². The van der Waals surface area contributed by atoms with Gasteiger partial charge in [0.15, 0.2) is 5.96 Å². The van der Waals surface area contributed by atoms with Crippen molar-refractivity contribution in [1.29, 1.82) is 0 Å². The van der Waals surface area contributed by atoms with Crippen LogP contribution in [0.2, 0.25) is 0 Å². The third-order valence-electron chi connectivity index (χ3n) is 4.46. The zero-order valence-corrected chi connectivity index (χ0v) is 20.0. The minimum absolute atomic E-state index is 0. The minimum Gasteiger partial charge on any atom is -0.381 e. The highest BCUT2D eigenvalue weighted by molar-refractivity contribution is 14.0. The molecule has 0 unspecified atom stereocenters. The molecule has 0 spiro atoms. The summed E-state index contributed by atoms with van der Waals surface area (Å²) in [5.41, 5.74) is 1.90. The first kappa shape index (κ1) is 25.0. The van der Waals surface area contributed by atoms with E-state index in [0.29, 0.717) is 25.7 Å². The molecule has 160 valence electrons. The van der Waals surface area contributed by atoms with Crippen LogP contribution in [0.25, 0.3) is 0 Å². The van der Waals surface area contributed by atoms with Gasteiger partial charge in [0.25, 0.3) is 0 Å². The second-order valence-corrected chi connectivity index (χ2v) is 8.52. The molecule has 0 radical (unpaired) electrons. The van der Waals surface area contributed by atoms with E-state index in [9.17, 15) is 8.42 Å². The van der Waals surface area contributed by atoms with Gasteiger partial charge in [0.05, 0.1) is 11.4 Å². The summed E-state index contributed by atoms with van der Waals surface area (Å²) in [6.45, 7) is 5.23. The van der Waals surface area contributed by atoms with Gasteiger partial charge in [-0.2, -0.15) is 0 Å². The van der Waals surface area contributed by atoms with Crippen molar-refractivity contribution in [1.82, 2.24) is 10.6 Å². The number of unbranched alkanes of at least 4 members (excludes halogenated alkanes) is 1. The summed E-state index contributed by atoms with van der Waals surface area (Å²) in [5.74, 6) is 0.642. The Bertz CT molecular complexity index is 713. The number of guanidine groups is 1. The lowest BCUT2D eigenvalue weighted by Gasteiger charge is -2.20. The highest BCUT2D eigenvalue weighted by Gasteiger charge is 2.28. The molecule has 7 nitrogen and oxygen atoms in total. The van der Waals surface area contributed by atoms with Crippen LogP contribution in [0.5, 0.6) is 0 Å². The molecule has 1 aromatic rings. The highest BCUT2D eigenvalue weighted by atomic mass is 127. The summed E-state index contributed by atoms with van der Waals surface area (Å²) in [4.78, 5) is 4.13. The van der Waals surface area contributed by atoms with E-state index < -0.39 is 10.0 Å². The molecule has 1 aliphatic heterocycles. The Labute approximate surface area is 186 Å². The SMILES string of the molecule is CCCCOCCCNC(=NC)NCCS(=O)(=O)N1CCc2ccccc21.I. The van der Waals surface area contributed by atoms with Gasteiger partial charge in [-0.25, -0.2) is 8.42 Å². The molecule has 0 aliphatic carbocycles. The molecule has 0 fully saturated rings. The zero-order valence-electron chi connectivity index (χ0n) is 16.8. The average molecular weight is 524 g/mol. The van der Waals surface area contributed by atoms with Gasteiger partial charge >= 0.3 is 0 Å². The molecule has 1 heterocycles. The van der Waals surface area contributed by atoms with E-state index in [1.807, 2.05) is 24.3 Å². The number of hydrogen-bond donors (Lipinski definition) is 2. The van der Waals surface area contributed by atoms with Crippen molar-refractivity contribution in [3.05, 3.63) is 29.8 Å². The largest absolute Gasteiger partial charge is 0.381 e. The number of nitrogens with one attached hydrogen (secondary N) is 2. The van der Waals surface area contributed by atoms with Gasteiger partial charge in [-0.05, 0) is 30.9 Å². The quantitative estimate of drug-likeness (QED) is 0.201. The van der Waals surface area contributed by atoms with Crippen molar-refractivity contribution >= 4 is 45.6 Å².